The largest absolute Gasteiger partial charge is 0.356 e. The number of halogens is 1. The standard InChI is InChI=1S/C16H28BrN3/c1-11(2)18-9-13-8-14(17)10-19-15(13)20(7)12(3)16(4,5)6/h8,10-12,18H,9H2,1-7H3. The molecule has 0 spiro atoms. The highest BCUT2D eigenvalue weighted by Gasteiger charge is 2.26. The van der Waals surface area contributed by atoms with Gasteiger partial charge in [0, 0.05) is 41.9 Å². The second kappa shape index (κ2) is 6.90. The average Bonchev–Trinajstić information content (AvgIpc) is 2.33. The first-order valence-corrected chi connectivity index (χ1v) is 8.03. The molecule has 1 aromatic heterocycles. The zero-order valence-electron chi connectivity index (χ0n) is 13.8. The minimum absolute atomic E-state index is 0.215. The molecule has 0 saturated heterocycles. The van der Waals surface area contributed by atoms with Crippen molar-refractivity contribution in [1.29, 1.82) is 0 Å². The Hall–Kier alpha value is -0.610. The van der Waals surface area contributed by atoms with Crippen LogP contribution < -0.4 is 10.2 Å². The molecule has 1 rings (SSSR count). The summed E-state index contributed by atoms with van der Waals surface area (Å²) in [5, 5.41) is 3.47. The fourth-order valence-electron chi connectivity index (χ4n) is 2.00. The number of nitrogens with zero attached hydrogens (tertiary/aromatic N) is 2. The van der Waals surface area contributed by atoms with E-state index in [9.17, 15) is 0 Å². The van der Waals surface area contributed by atoms with Gasteiger partial charge in [0.25, 0.3) is 0 Å². The topological polar surface area (TPSA) is 28.2 Å². The average molecular weight is 342 g/mol. The molecule has 0 aliphatic heterocycles. The molecule has 20 heavy (non-hydrogen) atoms. The number of pyridine rings is 1. The van der Waals surface area contributed by atoms with Gasteiger partial charge in [-0.2, -0.15) is 0 Å². The molecule has 0 aliphatic rings. The highest BCUT2D eigenvalue weighted by atomic mass is 79.9. The molecule has 4 heteroatoms. The van der Waals surface area contributed by atoms with E-state index < -0.39 is 0 Å². The SMILES string of the molecule is CC(C)NCc1cc(Br)cnc1N(C)C(C)C(C)(C)C. The maximum atomic E-state index is 4.63. The summed E-state index contributed by atoms with van der Waals surface area (Å²) >= 11 is 3.52. The highest BCUT2D eigenvalue weighted by Crippen LogP contribution is 2.29. The van der Waals surface area contributed by atoms with E-state index in [0.29, 0.717) is 12.1 Å². The first-order valence-electron chi connectivity index (χ1n) is 7.23. The fourth-order valence-corrected chi connectivity index (χ4v) is 2.38. The summed E-state index contributed by atoms with van der Waals surface area (Å²) in [6.07, 6.45) is 1.88. The lowest BCUT2D eigenvalue weighted by Crippen LogP contribution is -2.40. The monoisotopic (exact) mass is 341 g/mol. The minimum atomic E-state index is 0.215. The Labute approximate surface area is 132 Å². The summed E-state index contributed by atoms with van der Waals surface area (Å²) in [7, 11) is 2.13. The number of rotatable bonds is 5. The molecule has 0 amide bonds. The molecule has 1 aromatic rings. The van der Waals surface area contributed by atoms with Crippen molar-refractivity contribution in [2.24, 2.45) is 5.41 Å². The van der Waals surface area contributed by atoms with Crippen LogP contribution in [0, 0.1) is 5.41 Å². The van der Waals surface area contributed by atoms with Gasteiger partial charge < -0.3 is 10.2 Å². The van der Waals surface area contributed by atoms with E-state index in [1.807, 2.05) is 6.20 Å². The summed E-state index contributed by atoms with van der Waals surface area (Å²) in [5.74, 6) is 1.06. The van der Waals surface area contributed by atoms with Gasteiger partial charge in [-0.15, -0.1) is 0 Å². The quantitative estimate of drug-likeness (QED) is 0.869. The van der Waals surface area contributed by atoms with Crippen molar-refractivity contribution in [3.63, 3.8) is 0 Å². The number of aromatic nitrogens is 1. The Balaban J connectivity index is 3.04. The zero-order valence-corrected chi connectivity index (χ0v) is 15.4. The van der Waals surface area contributed by atoms with Crippen LogP contribution in [0.1, 0.15) is 47.1 Å². The zero-order chi connectivity index (χ0) is 15.5. The first kappa shape index (κ1) is 17.4. The lowest BCUT2D eigenvalue weighted by atomic mass is 9.87. The second-order valence-corrected chi connectivity index (χ2v) is 7.74. The molecule has 0 radical (unpaired) electrons. The van der Waals surface area contributed by atoms with Crippen LogP contribution in [0.4, 0.5) is 5.82 Å². The Morgan fingerprint density at radius 2 is 1.90 bits per heavy atom. The summed E-state index contributed by atoms with van der Waals surface area (Å²) in [6.45, 7) is 14.2. The van der Waals surface area contributed by atoms with Crippen molar-refractivity contribution in [2.45, 2.75) is 60.2 Å². The van der Waals surface area contributed by atoms with Gasteiger partial charge >= 0.3 is 0 Å². The Kier molecular flexibility index (Phi) is 6.02. The Morgan fingerprint density at radius 1 is 1.30 bits per heavy atom. The molecule has 114 valence electrons. The number of anilines is 1. The maximum absolute atomic E-state index is 4.63. The lowest BCUT2D eigenvalue weighted by Gasteiger charge is -2.37. The number of hydrogen-bond donors (Lipinski definition) is 1. The van der Waals surface area contributed by atoms with Crippen LogP contribution >= 0.6 is 15.9 Å². The smallest absolute Gasteiger partial charge is 0.133 e. The van der Waals surface area contributed by atoms with E-state index in [4.69, 9.17) is 0 Å². The van der Waals surface area contributed by atoms with E-state index in [0.717, 1.165) is 16.8 Å². The highest BCUT2D eigenvalue weighted by molar-refractivity contribution is 9.10. The lowest BCUT2D eigenvalue weighted by molar-refractivity contribution is 0.328. The van der Waals surface area contributed by atoms with Gasteiger partial charge in [-0.25, -0.2) is 4.98 Å². The molecule has 0 aromatic carbocycles. The van der Waals surface area contributed by atoms with E-state index >= 15 is 0 Å². The molecule has 0 bridgehead atoms. The summed E-state index contributed by atoms with van der Waals surface area (Å²) in [4.78, 5) is 6.91. The first-order chi connectivity index (χ1) is 9.12. The Morgan fingerprint density at radius 3 is 2.40 bits per heavy atom. The summed E-state index contributed by atoms with van der Waals surface area (Å²) in [6, 6.07) is 3.03. The van der Waals surface area contributed by atoms with Crippen molar-refractivity contribution >= 4 is 21.7 Å². The van der Waals surface area contributed by atoms with Gasteiger partial charge in [0.2, 0.25) is 0 Å². The molecule has 1 N–H and O–H groups in total. The third-order valence-electron chi connectivity index (χ3n) is 3.78. The summed E-state index contributed by atoms with van der Waals surface area (Å²) < 4.78 is 1.03. The molecule has 3 nitrogen and oxygen atoms in total. The van der Waals surface area contributed by atoms with Crippen molar-refractivity contribution in [2.75, 3.05) is 11.9 Å². The third kappa shape index (κ3) is 4.74. The molecule has 0 saturated carbocycles. The van der Waals surface area contributed by atoms with Crippen molar-refractivity contribution < 1.29 is 0 Å². The van der Waals surface area contributed by atoms with E-state index in [1.165, 1.54) is 5.56 Å². The van der Waals surface area contributed by atoms with Crippen molar-refractivity contribution in [1.82, 2.24) is 10.3 Å². The normalized spacial score (nSPS) is 13.7. The van der Waals surface area contributed by atoms with Crippen LogP contribution in [-0.2, 0) is 6.54 Å². The van der Waals surface area contributed by atoms with Gasteiger partial charge in [0.1, 0.15) is 5.82 Å². The van der Waals surface area contributed by atoms with E-state index in [-0.39, 0.29) is 5.41 Å². The molecule has 1 heterocycles. The van der Waals surface area contributed by atoms with Crippen LogP contribution in [0.3, 0.4) is 0 Å². The number of nitrogens with one attached hydrogen (secondary N) is 1. The van der Waals surface area contributed by atoms with Crippen LogP contribution in [0.25, 0.3) is 0 Å². The van der Waals surface area contributed by atoms with Crippen molar-refractivity contribution in [3.8, 4) is 0 Å². The van der Waals surface area contributed by atoms with Gasteiger partial charge in [-0.05, 0) is 34.3 Å². The van der Waals surface area contributed by atoms with Gasteiger partial charge in [0.05, 0.1) is 0 Å². The van der Waals surface area contributed by atoms with Crippen LogP contribution in [0.15, 0.2) is 16.7 Å². The van der Waals surface area contributed by atoms with Gasteiger partial charge in [-0.1, -0.05) is 34.6 Å². The van der Waals surface area contributed by atoms with E-state index in [2.05, 4.69) is 85.8 Å². The van der Waals surface area contributed by atoms with Crippen LogP contribution in [0.5, 0.6) is 0 Å². The molecule has 1 unspecified atom stereocenters. The predicted octanol–water partition coefficient (Wildman–Crippen LogP) is 4.21. The Bertz CT molecular complexity index is 438. The van der Waals surface area contributed by atoms with Crippen LogP contribution in [0.2, 0.25) is 0 Å². The van der Waals surface area contributed by atoms with Crippen molar-refractivity contribution in [3.05, 3.63) is 22.3 Å². The van der Waals surface area contributed by atoms with Gasteiger partial charge in [-0.3, -0.25) is 0 Å². The van der Waals surface area contributed by atoms with Crippen LogP contribution in [-0.4, -0.2) is 24.1 Å². The number of hydrogen-bond acceptors (Lipinski definition) is 3. The minimum Gasteiger partial charge on any atom is -0.356 e. The van der Waals surface area contributed by atoms with Gasteiger partial charge in [0.15, 0.2) is 0 Å². The third-order valence-corrected chi connectivity index (χ3v) is 4.21. The maximum Gasteiger partial charge on any atom is 0.133 e. The molecular formula is C16H28BrN3. The molecule has 0 fully saturated rings. The fraction of sp³-hybridized carbons (Fsp3) is 0.688. The van der Waals surface area contributed by atoms with E-state index in [1.54, 1.807) is 0 Å². The molecule has 1 atom stereocenters. The second-order valence-electron chi connectivity index (χ2n) is 6.82. The molecular weight excluding hydrogens is 314 g/mol. The summed E-state index contributed by atoms with van der Waals surface area (Å²) in [5.41, 5.74) is 1.44. The predicted molar refractivity (Wildman–Crippen MR) is 91.2 cm³/mol. The molecule has 0 aliphatic carbocycles.